The summed E-state index contributed by atoms with van der Waals surface area (Å²) in [6.45, 7) is 0.963. The molecule has 0 fully saturated rings. The van der Waals surface area contributed by atoms with Gasteiger partial charge in [0.25, 0.3) is 0 Å². The highest BCUT2D eigenvalue weighted by Gasteiger charge is 2.25. The number of nitrogens with one attached hydrogen (secondary N) is 2. The number of H-pyrrole nitrogens is 1. The summed E-state index contributed by atoms with van der Waals surface area (Å²) in [5.41, 5.74) is 5.02. The Balaban J connectivity index is 1.85. The van der Waals surface area contributed by atoms with Crippen LogP contribution in [-0.4, -0.2) is 18.6 Å². The molecule has 4 rings (SSSR count). The zero-order valence-corrected chi connectivity index (χ0v) is 13.1. The van der Waals surface area contributed by atoms with Crippen LogP contribution < -0.4 is 10.1 Å². The van der Waals surface area contributed by atoms with Crippen LogP contribution in [0.4, 0.5) is 0 Å². The number of ether oxygens (including phenoxy) is 1. The van der Waals surface area contributed by atoms with Crippen molar-refractivity contribution in [2.24, 2.45) is 0 Å². The van der Waals surface area contributed by atoms with Gasteiger partial charge in [-0.3, -0.25) is 0 Å². The average molecular weight is 313 g/mol. The lowest BCUT2D eigenvalue weighted by atomic mass is 9.94. The van der Waals surface area contributed by atoms with Crippen molar-refractivity contribution < 1.29 is 4.74 Å². The second-order valence-electron chi connectivity index (χ2n) is 5.62. The van der Waals surface area contributed by atoms with Crippen molar-refractivity contribution in [3.05, 3.63) is 64.3 Å². The summed E-state index contributed by atoms with van der Waals surface area (Å²) in [5.74, 6) is 0.899. The molecule has 4 heteroatoms. The molecular formula is C18H17ClN2O. The Morgan fingerprint density at radius 1 is 1.14 bits per heavy atom. The molecule has 1 aliphatic heterocycles. The molecule has 112 valence electrons. The maximum Gasteiger partial charge on any atom is 0.119 e. The third-order valence-corrected chi connectivity index (χ3v) is 4.61. The summed E-state index contributed by atoms with van der Waals surface area (Å²) >= 11 is 6.01. The van der Waals surface area contributed by atoms with E-state index in [2.05, 4.69) is 34.6 Å². The van der Waals surface area contributed by atoms with E-state index < -0.39 is 0 Å². The lowest BCUT2D eigenvalue weighted by Gasteiger charge is -2.24. The summed E-state index contributed by atoms with van der Waals surface area (Å²) in [7, 11) is 1.71. The molecule has 0 spiro atoms. The lowest BCUT2D eigenvalue weighted by molar-refractivity contribution is 0.415. The van der Waals surface area contributed by atoms with E-state index in [1.165, 1.54) is 22.2 Å². The first-order chi connectivity index (χ1) is 10.8. The highest BCUT2D eigenvalue weighted by molar-refractivity contribution is 6.30. The van der Waals surface area contributed by atoms with Gasteiger partial charge in [-0.05, 0) is 47.9 Å². The highest BCUT2D eigenvalue weighted by Crippen LogP contribution is 2.35. The van der Waals surface area contributed by atoms with Gasteiger partial charge in [0.1, 0.15) is 5.75 Å². The van der Waals surface area contributed by atoms with Gasteiger partial charge in [0.15, 0.2) is 0 Å². The molecule has 1 atom stereocenters. The fraction of sp³-hybridized carbons (Fsp3) is 0.222. The molecule has 22 heavy (non-hydrogen) atoms. The van der Waals surface area contributed by atoms with Crippen molar-refractivity contribution in [1.82, 2.24) is 10.3 Å². The fourth-order valence-corrected chi connectivity index (χ4v) is 3.40. The molecule has 0 amide bonds. The summed E-state index contributed by atoms with van der Waals surface area (Å²) in [4.78, 5) is 3.58. The Kier molecular flexibility index (Phi) is 3.32. The summed E-state index contributed by atoms with van der Waals surface area (Å²) in [6.07, 6.45) is 1.02. The lowest BCUT2D eigenvalue weighted by Crippen LogP contribution is -2.30. The SMILES string of the molecule is COc1ccc2[nH]c3c(c2c1)CCN[C@@H]3c1ccc(Cl)cc1. The van der Waals surface area contributed by atoms with Gasteiger partial charge in [0, 0.05) is 28.2 Å². The number of aromatic nitrogens is 1. The second kappa shape index (κ2) is 5.34. The number of fused-ring (bicyclic) bond motifs is 3. The molecule has 3 aromatic rings. The Morgan fingerprint density at radius 2 is 1.95 bits per heavy atom. The van der Waals surface area contributed by atoms with Crippen molar-refractivity contribution >= 4 is 22.5 Å². The first-order valence-corrected chi connectivity index (χ1v) is 7.81. The molecular weight excluding hydrogens is 296 g/mol. The molecule has 3 nitrogen and oxygen atoms in total. The van der Waals surface area contributed by atoms with Crippen LogP contribution in [0.25, 0.3) is 10.9 Å². The van der Waals surface area contributed by atoms with E-state index in [9.17, 15) is 0 Å². The van der Waals surface area contributed by atoms with E-state index in [0.717, 1.165) is 29.3 Å². The van der Waals surface area contributed by atoms with Gasteiger partial charge in [-0.25, -0.2) is 0 Å². The van der Waals surface area contributed by atoms with Crippen LogP contribution in [0.3, 0.4) is 0 Å². The maximum absolute atomic E-state index is 6.01. The number of halogens is 1. The Labute approximate surface area is 134 Å². The average Bonchev–Trinajstić information content (AvgIpc) is 2.93. The van der Waals surface area contributed by atoms with Crippen molar-refractivity contribution in [3.63, 3.8) is 0 Å². The number of methoxy groups -OCH3 is 1. The van der Waals surface area contributed by atoms with Crippen LogP contribution in [0.1, 0.15) is 22.9 Å². The van der Waals surface area contributed by atoms with Crippen molar-refractivity contribution in [2.45, 2.75) is 12.5 Å². The minimum Gasteiger partial charge on any atom is -0.497 e. The highest BCUT2D eigenvalue weighted by atomic mass is 35.5. The van der Waals surface area contributed by atoms with E-state index in [0.29, 0.717) is 0 Å². The molecule has 0 aliphatic carbocycles. The standard InChI is InChI=1S/C18H17ClN2O/c1-22-13-6-7-16-15(10-13)14-8-9-20-17(18(14)21-16)11-2-4-12(19)5-3-11/h2-7,10,17,20-21H,8-9H2,1H3/t17-/m1/s1. The minimum absolute atomic E-state index is 0.180. The van der Waals surface area contributed by atoms with E-state index >= 15 is 0 Å². The number of hydrogen-bond donors (Lipinski definition) is 2. The van der Waals surface area contributed by atoms with Gasteiger partial charge < -0.3 is 15.0 Å². The molecule has 0 bridgehead atoms. The summed E-state index contributed by atoms with van der Waals surface area (Å²) < 4.78 is 5.36. The fourth-order valence-electron chi connectivity index (χ4n) is 3.27. The third kappa shape index (κ3) is 2.18. The van der Waals surface area contributed by atoms with E-state index in [-0.39, 0.29) is 6.04 Å². The molecule has 0 saturated heterocycles. The number of hydrogen-bond acceptors (Lipinski definition) is 2. The maximum atomic E-state index is 6.01. The largest absolute Gasteiger partial charge is 0.497 e. The normalized spacial score (nSPS) is 17.5. The van der Waals surface area contributed by atoms with Crippen LogP contribution in [0, 0.1) is 0 Å². The van der Waals surface area contributed by atoms with Crippen LogP contribution >= 0.6 is 11.6 Å². The summed E-state index contributed by atoms with van der Waals surface area (Å²) in [6, 6.07) is 14.4. The predicted octanol–water partition coefficient (Wildman–Crippen LogP) is 4.07. The number of benzene rings is 2. The smallest absolute Gasteiger partial charge is 0.119 e. The Hall–Kier alpha value is -1.97. The molecule has 0 saturated carbocycles. The van der Waals surface area contributed by atoms with Crippen LogP contribution in [0.5, 0.6) is 5.75 Å². The number of rotatable bonds is 2. The van der Waals surface area contributed by atoms with Crippen LogP contribution in [0.2, 0.25) is 5.02 Å². The van der Waals surface area contributed by atoms with Crippen molar-refractivity contribution in [2.75, 3.05) is 13.7 Å². The van der Waals surface area contributed by atoms with Gasteiger partial charge >= 0.3 is 0 Å². The van der Waals surface area contributed by atoms with Crippen molar-refractivity contribution in [1.29, 1.82) is 0 Å². The number of aromatic amines is 1. The summed E-state index contributed by atoms with van der Waals surface area (Å²) in [5, 5.41) is 5.62. The van der Waals surface area contributed by atoms with Gasteiger partial charge in [-0.1, -0.05) is 23.7 Å². The molecule has 1 aliphatic rings. The first-order valence-electron chi connectivity index (χ1n) is 7.43. The van der Waals surface area contributed by atoms with E-state index in [1.807, 2.05) is 18.2 Å². The predicted molar refractivity (Wildman–Crippen MR) is 89.9 cm³/mol. The van der Waals surface area contributed by atoms with Gasteiger partial charge in [0.05, 0.1) is 13.2 Å². The molecule has 2 heterocycles. The van der Waals surface area contributed by atoms with Crippen LogP contribution in [0.15, 0.2) is 42.5 Å². The second-order valence-corrected chi connectivity index (χ2v) is 6.05. The van der Waals surface area contributed by atoms with Gasteiger partial charge in [0.2, 0.25) is 0 Å². The Bertz CT molecular complexity index is 823. The quantitative estimate of drug-likeness (QED) is 0.748. The molecule has 2 N–H and O–H groups in total. The minimum atomic E-state index is 0.180. The van der Waals surface area contributed by atoms with Crippen molar-refractivity contribution in [3.8, 4) is 5.75 Å². The zero-order chi connectivity index (χ0) is 15.1. The molecule has 2 aromatic carbocycles. The first kappa shape index (κ1) is 13.7. The molecule has 1 aromatic heterocycles. The van der Waals surface area contributed by atoms with E-state index in [4.69, 9.17) is 16.3 Å². The zero-order valence-electron chi connectivity index (χ0n) is 12.3. The third-order valence-electron chi connectivity index (χ3n) is 4.36. The van der Waals surface area contributed by atoms with Gasteiger partial charge in [-0.15, -0.1) is 0 Å². The monoisotopic (exact) mass is 312 g/mol. The Morgan fingerprint density at radius 3 is 2.73 bits per heavy atom. The molecule has 0 radical (unpaired) electrons. The van der Waals surface area contributed by atoms with E-state index in [1.54, 1.807) is 7.11 Å². The van der Waals surface area contributed by atoms with Crippen LogP contribution in [-0.2, 0) is 6.42 Å². The van der Waals surface area contributed by atoms with Gasteiger partial charge in [-0.2, -0.15) is 0 Å². The molecule has 0 unspecified atom stereocenters. The topological polar surface area (TPSA) is 37.0 Å².